The van der Waals surface area contributed by atoms with Crippen molar-refractivity contribution in [2.45, 2.75) is 81.9 Å². The van der Waals surface area contributed by atoms with E-state index < -0.39 is 22.9 Å². The fraction of sp³-hybridized carbons (Fsp3) is 0.600. The monoisotopic (exact) mass is 542 g/mol. The van der Waals surface area contributed by atoms with Crippen LogP contribution in [0, 0.1) is 28.6 Å². The normalized spacial score (nSPS) is 43.5. The summed E-state index contributed by atoms with van der Waals surface area (Å²) in [5.41, 5.74) is -0.933. The first-order valence-electron chi connectivity index (χ1n) is 13.3. The van der Waals surface area contributed by atoms with Crippen molar-refractivity contribution >= 4 is 34.9 Å². The number of hydrogen-bond donors (Lipinski definition) is 1. The summed E-state index contributed by atoms with van der Waals surface area (Å²) in [6.45, 7) is 8.07. The van der Waals surface area contributed by atoms with Gasteiger partial charge in [-0.15, -0.1) is 11.8 Å². The standard InChI is InChI=1S/C30H35ClO5S/c1-27(2)35-25-14-20-19-10-9-17-13-18(32)11-12-28(17,3)26(19)22(33)15-29(20,4)30(25,36-27)24(34)16-37-23-8-6-5-7-21(23)31/h5-8,11-13,19-20,22,25-26,33H,9-10,14-16H2,1-4H3/t19?,20?,22-,25+,26?,28?,29?,30+/m0/s1. The SMILES string of the molecule is CC1(C)O[C@@H]2CC3C4CCC5=CC(=O)C=CC5(C)C4[C@@H](O)CC3(C)[C@]2(C(=O)CSc2ccccc2Cl)O1. The lowest BCUT2D eigenvalue weighted by Gasteiger charge is -2.60. The lowest BCUT2D eigenvalue weighted by atomic mass is 9.46. The molecule has 1 N–H and O–H groups in total. The Kier molecular flexibility index (Phi) is 5.95. The molecule has 37 heavy (non-hydrogen) atoms. The molecule has 198 valence electrons. The maximum absolute atomic E-state index is 14.3. The van der Waals surface area contributed by atoms with E-state index in [0.717, 1.165) is 29.7 Å². The van der Waals surface area contributed by atoms with Gasteiger partial charge in [0.25, 0.3) is 0 Å². The number of ketones is 2. The highest BCUT2D eigenvalue weighted by Gasteiger charge is 2.76. The minimum atomic E-state index is -1.13. The van der Waals surface area contributed by atoms with Gasteiger partial charge in [0.15, 0.2) is 23.0 Å². The van der Waals surface area contributed by atoms with Gasteiger partial charge in [0.05, 0.1) is 23.0 Å². The molecule has 5 nitrogen and oxygen atoms in total. The van der Waals surface area contributed by atoms with Crippen LogP contribution in [0.4, 0.5) is 0 Å². The zero-order valence-electron chi connectivity index (χ0n) is 21.8. The van der Waals surface area contributed by atoms with Gasteiger partial charge in [-0.1, -0.05) is 49.2 Å². The van der Waals surface area contributed by atoms with Crippen LogP contribution in [-0.4, -0.2) is 46.0 Å². The summed E-state index contributed by atoms with van der Waals surface area (Å²) in [6, 6.07) is 7.56. The molecule has 1 saturated heterocycles. The minimum absolute atomic E-state index is 0.00795. The summed E-state index contributed by atoms with van der Waals surface area (Å²) >= 11 is 7.82. The van der Waals surface area contributed by atoms with E-state index in [9.17, 15) is 14.7 Å². The van der Waals surface area contributed by atoms with Crippen LogP contribution in [0.3, 0.4) is 0 Å². The number of hydrogen-bond acceptors (Lipinski definition) is 6. The zero-order chi connectivity index (χ0) is 26.4. The maximum Gasteiger partial charge on any atom is 0.178 e. The molecule has 0 amide bonds. The van der Waals surface area contributed by atoms with Crippen LogP contribution in [0.25, 0.3) is 0 Å². The Bertz CT molecular complexity index is 1220. The number of thioether (sulfide) groups is 1. The number of aliphatic hydroxyl groups is 1. The highest BCUT2D eigenvalue weighted by Crippen LogP contribution is 2.70. The molecule has 5 aliphatic rings. The van der Waals surface area contributed by atoms with Crippen molar-refractivity contribution < 1.29 is 24.2 Å². The van der Waals surface area contributed by atoms with Crippen molar-refractivity contribution in [3.63, 3.8) is 0 Å². The van der Waals surface area contributed by atoms with Crippen molar-refractivity contribution in [1.29, 1.82) is 0 Å². The number of ether oxygens (including phenoxy) is 2. The largest absolute Gasteiger partial charge is 0.393 e. The number of rotatable bonds is 4. The topological polar surface area (TPSA) is 72.8 Å². The molecule has 1 aromatic rings. The van der Waals surface area contributed by atoms with Gasteiger partial charge in [-0.3, -0.25) is 9.59 Å². The van der Waals surface area contributed by atoms with Crippen molar-refractivity contribution in [3.8, 4) is 0 Å². The fourth-order valence-corrected chi connectivity index (χ4v) is 9.91. The second-order valence-corrected chi connectivity index (χ2v) is 13.9. The quantitative estimate of drug-likeness (QED) is 0.486. The van der Waals surface area contributed by atoms with Gasteiger partial charge >= 0.3 is 0 Å². The van der Waals surface area contributed by atoms with Crippen LogP contribution in [-0.2, 0) is 19.1 Å². The van der Waals surface area contributed by atoms with Gasteiger partial charge in [0, 0.05) is 21.6 Å². The molecule has 0 aromatic heterocycles. The Morgan fingerprint density at radius 1 is 1.22 bits per heavy atom. The third kappa shape index (κ3) is 3.62. The van der Waals surface area contributed by atoms with E-state index in [4.69, 9.17) is 21.1 Å². The van der Waals surface area contributed by atoms with Crippen molar-refractivity contribution in [3.05, 3.63) is 53.1 Å². The van der Waals surface area contributed by atoms with Crippen molar-refractivity contribution in [2.24, 2.45) is 28.6 Å². The molecular formula is C30H35ClO5S. The lowest BCUT2D eigenvalue weighted by molar-refractivity contribution is -0.223. The maximum atomic E-state index is 14.3. The molecule has 0 radical (unpaired) electrons. The first kappa shape index (κ1) is 25.8. The number of halogens is 1. The number of Topliss-reactive ketones (excluding diaryl/α,β-unsaturated/α-hetero) is 1. The number of carbonyl (C=O) groups is 2. The smallest absolute Gasteiger partial charge is 0.178 e. The van der Waals surface area contributed by atoms with E-state index in [2.05, 4.69) is 13.8 Å². The molecule has 1 heterocycles. The summed E-state index contributed by atoms with van der Waals surface area (Å²) in [4.78, 5) is 27.3. The highest BCUT2D eigenvalue weighted by atomic mass is 35.5. The van der Waals surface area contributed by atoms with Gasteiger partial charge in [-0.2, -0.15) is 0 Å². The number of carbonyl (C=O) groups excluding carboxylic acids is 2. The number of aliphatic hydroxyl groups excluding tert-OH is 1. The van der Waals surface area contributed by atoms with E-state index in [0.29, 0.717) is 11.4 Å². The van der Waals surface area contributed by atoms with Crippen molar-refractivity contribution in [1.82, 2.24) is 0 Å². The van der Waals surface area contributed by atoms with Crippen molar-refractivity contribution in [2.75, 3.05) is 5.75 Å². The van der Waals surface area contributed by atoms with Crippen LogP contribution in [0.2, 0.25) is 5.02 Å². The van der Waals surface area contributed by atoms with Crippen LogP contribution in [0.15, 0.2) is 53.0 Å². The second kappa shape index (κ2) is 8.53. The molecule has 1 aromatic carbocycles. The Morgan fingerprint density at radius 3 is 2.73 bits per heavy atom. The summed E-state index contributed by atoms with van der Waals surface area (Å²) in [6.07, 6.45) is 7.36. The first-order valence-corrected chi connectivity index (χ1v) is 14.7. The molecule has 4 aliphatic carbocycles. The summed E-state index contributed by atoms with van der Waals surface area (Å²) in [5, 5.41) is 12.4. The van der Waals surface area contributed by atoms with Gasteiger partial charge in [-0.25, -0.2) is 0 Å². The molecule has 4 fully saturated rings. The lowest BCUT2D eigenvalue weighted by Crippen LogP contribution is -2.63. The molecule has 8 atom stereocenters. The summed E-state index contributed by atoms with van der Waals surface area (Å²) in [5.74, 6) is -0.258. The van der Waals surface area contributed by atoms with Gasteiger partial charge in [0.2, 0.25) is 0 Å². The average molecular weight is 543 g/mol. The summed E-state index contributed by atoms with van der Waals surface area (Å²) < 4.78 is 13.1. The third-order valence-electron chi connectivity index (χ3n) is 10.1. The molecule has 0 spiro atoms. The van der Waals surface area contributed by atoms with E-state index in [1.807, 2.05) is 44.2 Å². The molecule has 5 unspecified atom stereocenters. The Hall–Kier alpha value is -1.44. The van der Waals surface area contributed by atoms with Gasteiger partial charge in [0.1, 0.15) is 0 Å². The molecule has 7 heteroatoms. The Morgan fingerprint density at radius 2 is 1.97 bits per heavy atom. The Balaban J connectivity index is 1.36. The zero-order valence-corrected chi connectivity index (χ0v) is 23.4. The minimum Gasteiger partial charge on any atom is -0.393 e. The van der Waals surface area contributed by atoms with Crippen LogP contribution in [0.5, 0.6) is 0 Å². The van der Waals surface area contributed by atoms with E-state index in [1.54, 1.807) is 12.2 Å². The molecule has 6 rings (SSSR count). The van der Waals surface area contributed by atoms with Crippen LogP contribution in [0.1, 0.15) is 53.4 Å². The number of fused-ring (bicyclic) bond motifs is 7. The predicted octanol–water partition coefficient (Wildman–Crippen LogP) is 5.78. The predicted molar refractivity (Wildman–Crippen MR) is 143 cm³/mol. The average Bonchev–Trinajstić information content (AvgIpc) is 3.24. The van der Waals surface area contributed by atoms with Gasteiger partial charge < -0.3 is 14.6 Å². The summed E-state index contributed by atoms with van der Waals surface area (Å²) in [7, 11) is 0. The molecule has 1 aliphatic heterocycles. The molecule has 0 bridgehead atoms. The van der Waals surface area contributed by atoms with Gasteiger partial charge in [-0.05, 0) is 75.7 Å². The van der Waals surface area contributed by atoms with E-state index in [1.165, 1.54) is 11.8 Å². The number of allylic oxidation sites excluding steroid dienone is 4. The van der Waals surface area contributed by atoms with E-state index >= 15 is 0 Å². The Labute approximate surface area is 228 Å². The number of benzene rings is 1. The first-order chi connectivity index (χ1) is 17.4. The fourth-order valence-electron chi connectivity index (χ4n) is 8.73. The van der Waals surface area contributed by atoms with Crippen LogP contribution >= 0.6 is 23.4 Å². The third-order valence-corrected chi connectivity index (χ3v) is 11.6. The molecule has 3 saturated carbocycles. The van der Waals surface area contributed by atoms with E-state index in [-0.39, 0.29) is 46.6 Å². The van der Waals surface area contributed by atoms with Crippen LogP contribution < -0.4 is 0 Å². The molecular weight excluding hydrogens is 508 g/mol. The second-order valence-electron chi connectivity index (χ2n) is 12.4. The highest BCUT2D eigenvalue weighted by molar-refractivity contribution is 8.00.